The van der Waals surface area contributed by atoms with Crippen molar-refractivity contribution in [2.45, 2.75) is 58.5 Å². The molecule has 5 nitrogen and oxygen atoms in total. The molecule has 138 valence electrons. The third-order valence-electron chi connectivity index (χ3n) is 5.11. The molecule has 3 rings (SSSR count). The largest absolute Gasteiger partial charge is 0.353 e. The number of hydrogen-bond donors (Lipinski definition) is 1. The lowest BCUT2D eigenvalue weighted by atomic mass is 10.0. The average Bonchev–Trinajstić information content (AvgIpc) is 2.68. The molecule has 0 saturated carbocycles. The molecule has 1 aliphatic rings. The van der Waals surface area contributed by atoms with E-state index < -0.39 is 0 Å². The topological polar surface area (TPSA) is 58.1 Å². The summed E-state index contributed by atoms with van der Waals surface area (Å²) in [5, 5.41) is 3.05. The van der Waals surface area contributed by atoms with E-state index in [1.165, 1.54) is 6.42 Å². The molecule has 0 spiro atoms. The van der Waals surface area contributed by atoms with Gasteiger partial charge in [0, 0.05) is 30.4 Å². The van der Waals surface area contributed by atoms with Gasteiger partial charge in [-0.3, -0.25) is 4.79 Å². The number of amides is 1. The van der Waals surface area contributed by atoms with Crippen LogP contribution in [0.25, 0.3) is 11.4 Å². The van der Waals surface area contributed by atoms with Crippen LogP contribution in [0.4, 0.5) is 5.82 Å². The Labute approximate surface area is 155 Å². The lowest BCUT2D eigenvalue weighted by Gasteiger charge is -2.35. The minimum atomic E-state index is -0.0910. The average molecular weight is 352 g/mol. The molecule has 1 N–H and O–H groups in total. The van der Waals surface area contributed by atoms with Gasteiger partial charge in [0.05, 0.1) is 0 Å². The summed E-state index contributed by atoms with van der Waals surface area (Å²) in [4.78, 5) is 24.4. The lowest BCUT2D eigenvalue weighted by Crippen LogP contribution is -2.40. The Balaban J connectivity index is 2.01. The summed E-state index contributed by atoms with van der Waals surface area (Å²) in [5.41, 5.74) is 1.53. The van der Waals surface area contributed by atoms with Gasteiger partial charge in [-0.05, 0) is 39.5 Å². The summed E-state index contributed by atoms with van der Waals surface area (Å²) in [5.74, 6) is 1.33. The minimum absolute atomic E-state index is 0.0910. The van der Waals surface area contributed by atoms with E-state index in [1.807, 2.05) is 37.3 Å². The number of anilines is 1. The predicted molar refractivity (Wildman–Crippen MR) is 105 cm³/mol. The molecular weight excluding hydrogens is 324 g/mol. The maximum Gasteiger partial charge on any atom is 0.256 e. The van der Waals surface area contributed by atoms with Crippen LogP contribution in [0, 0.1) is 0 Å². The van der Waals surface area contributed by atoms with E-state index in [1.54, 1.807) is 6.20 Å². The van der Waals surface area contributed by atoms with Crippen molar-refractivity contribution in [1.29, 1.82) is 0 Å². The van der Waals surface area contributed by atoms with Gasteiger partial charge in [0.15, 0.2) is 5.82 Å². The van der Waals surface area contributed by atoms with Gasteiger partial charge in [-0.1, -0.05) is 37.3 Å². The summed E-state index contributed by atoms with van der Waals surface area (Å²) in [6.45, 7) is 7.21. The number of carbonyl (C=O) groups is 1. The van der Waals surface area contributed by atoms with Crippen molar-refractivity contribution in [1.82, 2.24) is 15.3 Å². The van der Waals surface area contributed by atoms with Crippen molar-refractivity contribution >= 4 is 11.7 Å². The van der Waals surface area contributed by atoms with Gasteiger partial charge in [0.2, 0.25) is 0 Å². The molecule has 1 aromatic heterocycles. The molecular formula is C21H28N4O. The summed E-state index contributed by atoms with van der Waals surface area (Å²) in [6, 6.07) is 10.4. The maximum absolute atomic E-state index is 12.8. The van der Waals surface area contributed by atoms with Crippen molar-refractivity contribution in [3.8, 4) is 11.4 Å². The SMILES string of the molecule is CC[C@@H](C)NC(=O)c1cnc(-c2ccccc2)nc1N1CCCC[C@H]1C. The normalized spacial score (nSPS) is 18.4. The first kappa shape index (κ1) is 18.4. The van der Waals surface area contributed by atoms with E-state index in [9.17, 15) is 4.79 Å². The van der Waals surface area contributed by atoms with Crippen LogP contribution in [-0.4, -0.2) is 34.5 Å². The Hall–Kier alpha value is -2.43. The number of nitrogens with zero attached hydrogens (tertiary/aromatic N) is 3. The fourth-order valence-corrected chi connectivity index (χ4v) is 3.29. The Morgan fingerprint density at radius 2 is 2.08 bits per heavy atom. The monoisotopic (exact) mass is 352 g/mol. The smallest absolute Gasteiger partial charge is 0.256 e. The molecule has 2 heterocycles. The van der Waals surface area contributed by atoms with Gasteiger partial charge in [0.25, 0.3) is 5.91 Å². The van der Waals surface area contributed by atoms with Crippen LogP contribution in [0.5, 0.6) is 0 Å². The van der Waals surface area contributed by atoms with Crippen molar-refractivity contribution in [3.05, 3.63) is 42.1 Å². The molecule has 2 atom stereocenters. The quantitative estimate of drug-likeness (QED) is 0.882. The number of carbonyl (C=O) groups excluding carboxylic acids is 1. The molecule has 5 heteroatoms. The lowest BCUT2D eigenvalue weighted by molar-refractivity contribution is 0.0939. The molecule has 1 fully saturated rings. The predicted octanol–water partition coefficient (Wildman–Crippen LogP) is 4.05. The molecule has 26 heavy (non-hydrogen) atoms. The molecule has 0 radical (unpaired) electrons. The van der Waals surface area contributed by atoms with Crippen LogP contribution >= 0.6 is 0 Å². The first-order chi connectivity index (χ1) is 12.6. The highest BCUT2D eigenvalue weighted by atomic mass is 16.1. The number of benzene rings is 1. The third kappa shape index (κ3) is 4.03. The summed E-state index contributed by atoms with van der Waals surface area (Å²) >= 11 is 0. The molecule has 1 amide bonds. The molecule has 1 aliphatic heterocycles. The Morgan fingerprint density at radius 1 is 1.31 bits per heavy atom. The van der Waals surface area contributed by atoms with E-state index in [4.69, 9.17) is 4.98 Å². The second kappa shape index (κ2) is 8.30. The number of rotatable bonds is 5. The van der Waals surface area contributed by atoms with Crippen LogP contribution in [0.3, 0.4) is 0 Å². The Bertz CT molecular complexity index is 747. The van der Waals surface area contributed by atoms with Gasteiger partial charge >= 0.3 is 0 Å². The van der Waals surface area contributed by atoms with Crippen LogP contribution < -0.4 is 10.2 Å². The maximum atomic E-state index is 12.8. The van der Waals surface area contributed by atoms with Crippen molar-refractivity contribution < 1.29 is 4.79 Å². The molecule has 0 bridgehead atoms. The van der Waals surface area contributed by atoms with Gasteiger partial charge in [0.1, 0.15) is 11.4 Å². The highest BCUT2D eigenvalue weighted by molar-refractivity contribution is 5.99. The van der Waals surface area contributed by atoms with E-state index in [2.05, 4.69) is 29.0 Å². The fraction of sp³-hybridized carbons (Fsp3) is 0.476. The van der Waals surface area contributed by atoms with E-state index in [0.29, 0.717) is 17.4 Å². The highest BCUT2D eigenvalue weighted by Gasteiger charge is 2.26. The number of hydrogen-bond acceptors (Lipinski definition) is 4. The zero-order chi connectivity index (χ0) is 18.5. The molecule has 0 aliphatic carbocycles. The number of aromatic nitrogens is 2. The summed E-state index contributed by atoms with van der Waals surface area (Å²) < 4.78 is 0. The Kier molecular flexibility index (Phi) is 5.86. The van der Waals surface area contributed by atoms with Crippen LogP contribution in [-0.2, 0) is 0 Å². The van der Waals surface area contributed by atoms with Gasteiger partial charge < -0.3 is 10.2 Å². The molecule has 1 aromatic carbocycles. The zero-order valence-electron chi connectivity index (χ0n) is 15.9. The number of nitrogens with one attached hydrogen (secondary N) is 1. The van der Waals surface area contributed by atoms with Crippen LogP contribution in [0.2, 0.25) is 0 Å². The minimum Gasteiger partial charge on any atom is -0.353 e. The summed E-state index contributed by atoms with van der Waals surface area (Å²) in [7, 11) is 0. The second-order valence-electron chi connectivity index (χ2n) is 7.12. The summed E-state index contributed by atoms with van der Waals surface area (Å²) in [6.07, 6.45) is 6.05. The second-order valence-corrected chi connectivity index (χ2v) is 7.12. The van der Waals surface area contributed by atoms with Gasteiger partial charge in [-0.15, -0.1) is 0 Å². The van der Waals surface area contributed by atoms with E-state index in [0.717, 1.165) is 37.2 Å². The third-order valence-corrected chi connectivity index (χ3v) is 5.11. The van der Waals surface area contributed by atoms with E-state index >= 15 is 0 Å². The molecule has 2 aromatic rings. The Morgan fingerprint density at radius 3 is 2.77 bits per heavy atom. The van der Waals surface area contributed by atoms with Gasteiger partial charge in [-0.2, -0.15) is 0 Å². The highest BCUT2D eigenvalue weighted by Crippen LogP contribution is 2.28. The molecule has 1 saturated heterocycles. The molecule has 0 unspecified atom stereocenters. The van der Waals surface area contributed by atoms with Crippen molar-refractivity contribution in [2.75, 3.05) is 11.4 Å². The first-order valence-electron chi connectivity index (χ1n) is 9.60. The van der Waals surface area contributed by atoms with Crippen LogP contribution in [0.15, 0.2) is 36.5 Å². The standard InChI is InChI=1S/C21H28N4O/c1-4-15(2)23-21(26)18-14-22-19(17-11-6-5-7-12-17)24-20(18)25-13-9-8-10-16(25)3/h5-7,11-12,14-16H,4,8-10,13H2,1-3H3,(H,23,26)/t15-,16-/m1/s1. The zero-order valence-corrected chi connectivity index (χ0v) is 15.9. The number of piperidine rings is 1. The van der Waals surface area contributed by atoms with Crippen molar-refractivity contribution in [2.24, 2.45) is 0 Å². The first-order valence-corrected chi connectivity index (χ1v) is 9.60. The van der Waals surface area contributed by atoms with Crippen molar-refractivity contribution in [3.63, 3.8) is 0 Å². The fourth-order valence-electron chi connectivity index (χ4n) is 3.29. The van der Waals surface area contributed by atoms with Gasteiger partial charge in [-0.25, -0.2) is 9.97 Å². The van der Waals surface area contributed by atoms with E-state index in [-0.39, 0.29) is 11.9 Å². The van der Waals surface area contributed by atoms with Crippen LogP contribution in [0.1, 0.15) is 56.8 Å².